The number of likely N-dealkylation sites (tertiary alicyclic amines) is 2. The third-order valence-electron chi connectivity index (χ3n) is 5.92. The van der Waals surface area contributed by atoms with Crippen LogP contribution in [0.15, 0.2) is 11.6 Å². The number of aromatic nitrogens is 5. The van der Waals surface area contributed by atoms with Crippen molar-refractivity contribution >= 4 is 17.2 Å². The Labute approximate surface area is 169 Å². The van der Waals surface area contributed by atoms with E-state index in [4.69, 9.17) is 0 Å². The highest BCUT2D eigenvalue weighted by Gasteiger charge is 2.31. The average Bonchev–Trinajstić information content (AvgIpc) is 3.45. The summed E-state index contributed by atoms with van der Waals surface area (Å²) in [5.41, 5.74) is 0. The number of piperidine rings is 1. The molecule has 0 aliphatic carbocycles. The summed E-state index contributed by atoms with van der Waals surface area (Å²) in [4.78, 5) is 21.6. The molecule has 28 heavy (non-hydrogen) atoms. The van der Waals surface area contributed by atoms with Crippen LogP contribution >= 0.6 is 11.3 Å². The van der Waals surface area contributed by atoms with Gasteiger partial charge in [0.05, 0.1) is 12.6 Å². The molecule has 0 spiro atoms. The molecule has 2 aromatic heterocycles. The summed E-state index contributed by atoms with van der Waals surface area (Å²) < 4.78 is 1.87. The van der Waals surface area contributed by atoms with Crippen molar-refractivity contribution in [1.82, 2.24) is 35.0 Å². The minimum absolute atomic E-state index is 0.164. The second kappa shape index (κ2) is 9.09. The van der Waals surface area contributed by atoms with Crippen LogP contribution in [0.5, 0.6) is 0 Å². The summed E-state index contributed by atoms with van der Waals surface area (Å²) >= 11 is 1.64. The summed E-state index contributed by atoms with van der Waals surface area (Å²) in [5, 5.41) is 15.3. The van der Waals surface area contributed by atoms with Crippen LogP contribution in [0.2, 0.25) is 0 Å². The van der Waals surface area contributed by atoms with Crippen molar-refractivity contribution in [3.05, 3.63) is 22.4 Å². The van der Waals surface area contributed by atoms with E-state index in [0.717, 1.165) is 62.2 Å². The fraction of sp³-hybridized carbons (Fsp3) is 0.737. The summed E-state index contributed by atoms with van der Waals surface area (Å²) in [6.07, 6.45) is 7.67. The Morgan fingerprint density at radius 1 is 1.25 bits per heavy atom. The lowest BCUT2D eigenvalue weighted by molar-refractivity contribution is -0.132. The summed E-state index contributed by atoms with van der Waals surface area (Å²) in [5.74, 6) is 1.94. The predicted octanol–water partition coefficient (Wildman–Crippen LogP) is 2.51. The quantitative estimate of drug-likeness (QED) is 0.707. The van der Waals surface area contributed by atoms with Gasteiger partial charge in [-0.25, -0.2) is 9.67 Å². The number of amides is 1. The Balaban J connectivity index is 1.26. The van der Waals surface area contributed by atoms with Gasteiger partial charge in [0.2, 0.25) is 5.91 Å². The largest absolute Gasteiger partial charge is 0.333 e. The zero-order chi connectivity index (χ0) is 19.3. The lowest BCUT2D eigenvalue weighted by Crippen LogP contribution is -2.33. The van der Waals surface area contributed by atoms with E-state index < -0.39 is 0 Å². The Morgan fingerprint density at radius 2 is 2.11 bits per heavy atom. The van der Waals surface area contributed by atoms with Crippen molar-refractivity contribution in [2.75, 3.05) is 19.6 Å². The van der Waals surface area contributed by atoms with E-state index >= 15 is 0 Å². The average molecular weight is 404 g/mol. The minimum Gasteiger partial charge on any atom is -0.333 e. The zero-order valence-electron chi connectivity index (χ0n) is 16.5. The number of carbonyl (C=O) groups excluding carboxylic acids is 1. The van der Waals surface area contributed by atoms with Crippen LogP contribution in [0.3, 0.4) is 0 Å². The van der Waals surface area contributed by atoms with E-state index in [1.807, 2.05) is 21.2 Å². The van der Waals surface area contributed by atoms with Crippen molar-refractivity contribution < 1.29 is 4.79 Å². The molecular weight excluding hydrogens is 374 g/mol. The first-order valence-electron chi connectivity index (χ1n) is 10.4. The maximum Gasteiger partial charge on any atom is 0.223 e. The normalized spacial score (nSPS) is 21.5. The molecule has 1 amide bonds. The highest BCUT2D eigenvalue weighted by atomic mass is 32.1. The van der Waals surface area contributed by atoms with Crippen LogP contribution < -0.4 is 0 Å². The van der Waals surface area contributed by atoms with Crippen LogP contribution in [0.4, 0.5) is 0 Å². The molecule has 4 heterocycles. The van der Waals surface area contributed by atoms with Gasteiger partial charge in [-0.2, -0.15) is 0 Å². The second-order valence-electron chi connectivity index (χ2n) is 8.00. The third-order valence-corrected chi connectivity index (χ3v) is 6.79. The molecule has 8 nitrogen and oxygen atoms in total. The number of hydrogen-bond acceptors (Lipinski definition) is 7. The van der Waals surface area contributed by atoms with E-state index in [1.54, 1.807) is 11.3 Å². The number of rotatable bonds is 7. The molecule has 0 radical (unpaired) electrons. The molecule has 152 valence electrons. The molecule has 0 unspecified atom stereocenters. The molecule has 9 heteroatoms. The van der Waals surface area contributed by atoms with E-state index in [2.05, 4.69) is 32.3 Å². The molecule has 2 aliphatic heterocycles. The van der Waals surface area contributed by atoms with E-state index in [9.17, 15) is 4.79 Å². The van der Waals surface area contributed by atoms with Gasteiger partial charge in [-0.3, -0.25) is 9.69 Å². The van der Waals surface area contributed by atoms with E-state index in [1.165, 1.54) is 12.8 Å². The highest BCUT2D eigenvalue weighted by Crippen LogP contribution is 2.33. The van der Waals surface area contributed by atoms with E-state index in [0.29, 0.717) is 13.0 Å². The van der Waals surface area contributed by atoms with Crippen LogP contribution in [-0.4, -0.2) is 60.5 Å². The van der Waals surface area contributed by atoms with Crippen LogP contribution in [0, 0.1) is 5.92 Å². The molecule has 1 atom stereocenters. The topological polar surface area (TPSA) is 80.0 Å². The zero-order valence-corrected chi connectivity index (χ0v) is 17.4. The van der Waals surface area contributed by atoms with Crippen LogP contribution in [-0.2, 0) is 17.9 Å². The van der Waals surface area contributed by atoms with Gasteiger partial charge in [-0.15, -0.1) is 16.4 Å². The Hall–Kier alpha value is -1.87. The van der Waals surface area contributed by atoms with Crippen LogP contribution in [0.25, 0.3) is 0 Å². The first-order valence-corrected chi connectivity index (χ1v) is 11.2. The van der Waals surface area contributed by atoms with Crippen LogP contribution in [0.1, 0.15) is 62.3 Å². The summed E-state index contributed by atoms with van der Waals surface area (Å²) in [7, 11) is 0. The van der Waals surface area contributed by atoms with Crippen molar-refractivity contribution in [2.24, 2.45) is 5.92 Å². The molecular formula is C19H29N7OS. The van der Waals surface area contributed by atoms with Gasteiger partial charge in [0.15, 0.2) is 5.82 Å². The first-order chi connectivity index (χ1) is 13.7. The molecule has 4 rings (SSSR count). The van der Waals surface area contributed by atoms with Gasteiger partial charge < -0.3 is 4.90 Å². The fourth-order valence-corrected chi connectivity index (χ4v) is 4.96. The SMILES string of the molecule is CC1CCN(Cc2nnnn2CCCC(=O)N2CCC[C@H]2c2nccs2)CC1. The lowest BCUT2D eigenvalue weighted by Gasteiger charge is -2.29. The smallest absolute Gasteiger partial charge is 0.223 e. The summed E-state index contributed by atoms with van der Waals surface area (Å²) in [6.45, 7) is 6.86. The molecule has 2 saturated heterocycles. The van der Waals surface area contributed by atoms with E-state index in [-0.39, 0.29) is 11.9 Å². The number of aryl methyl sites for hydroxylation is 1. The monoisotopic (exact) mass is 403 g/mol. The molecule has 2 aromatic rings. The number of thiazole rings is 1. The first kappa shape index (κ1) is 19.4. The van der Waals surface area contributed by atoms with Crippen molar-refractivity contribution in [1.29, 1.82) is 0 Å². The Kier molecular flexibility index (Phi) is 6.31. The van der Waals surface area contributed by atoms with Crippen molar-refractivity contribution in [2.45, 2.75) is 64.6 Å². The molecule has 0 bridgehead atoms. The Morgan fingerprint density at radius 3 is 2.89 bits per heavy atom. The van der Waals surface area contributed by atoms with Crippen molar-refractivity contribution in [3.8, 4) is 0 Å². The minimum atomic E-state index is 0.164. The number of tetrazole rings is 1. The van der Waals surface area contributed by atoms with Crippen molar-refractivity contribution in [3.63, 3.8) is 0 Å². The molecule has 2 fully saturated rings. The number of hydrogen-bond donors (Lipinski definition) is 0. The predicted molar refractivity (Wildman–Crippen MR) is 107 cm³/mol. The second-order valence-corrected chi connectivity index (χ2v) is 8.92. The number of nitrogens with zero attached hydrogens (tertiary/aromatic N) is 7. The fourth-order valence-electron chi connectivity index (χ4n) is 4.18. The highest BCUT2D eigenvalue weighted by molar-refractivity contribution is 7.09. The van der Waals surface area contributed by atoms with Gasteiger partial charge in [-0.05, 0) is 61.5 Å². The standard InChI is InChI=1S/C19H29N7OS/c1-15-6-11-24(12-7-15)14-17-21-22-23-26(17)10-3-5-18(27)25-9-2-4-16(25)19-20-8-13-28-19/h8,13,15-16H,2-7,9-12,14H2,1H3/t16-/m0/s1. The summed E-state index contributed by atoms with van der Waals surface area (Å²) in [6, 6.07) is 0.164. The van der Waals surface area contributed by atoms with Gasteiger partial charge >= 0.3 is 0 Å². The molecule has 0 saturated carbocycles. The maximum absolute atomic E-state index is 12.7. The molecule has 0 N–H and O–H groups in total. The van der Waals surface area contributed by atoms with Gasteiger partial charge in [-0.1, -0.05) is 6.92 Å². The van der Waals surface area contributed by atoms with Gasteiger partial charge in [0.25, 0.3) is 0 Å². The molecule has 0 aromatic carbocycles. The third kappa shape index (κ3) is 4.57. The van der Waals surface area contributed by atoms with Gasteiger partial charge in [0, 0.05) is 31.1 Å². The Bertz CT molecular complexity index is 754. The lowest BCUT2D eigenvalue weighted by atomic mass is 9.99. The number of carbonyl (C=O) groups is 1. The maximum atomic E-state index is 12.7. The van der Waals surface area contributed by atoms with Gasteiger partial charge in [0.1, 0.15) is 5.01 Å². The molecule has 2 aliphatic rings.